The van der Waals surface area contributed by atoms with Crippen molar-refractivity contribution >= 4 is 20.6 Å². The van der Waals surface area contributed by atoms with Crippen LogP contribution < -0.4 is 0 Å². The maximum absolute atomic E-state index is 2.12. The van der Waals surface area contributed by atoms with Crippen molar-refractivity contribution in [1.29, 1.82) is 0 Å². The molecule has 2 rings (SSSR count). The van der Waals surface area contributed by atoms with Crippen LogP contribution in [0.25, 0.3) is 12.2 Å². The lowest BCUT2D eigenvalue weighted by molar-refractivity contribution is 1.65. The maximum atomic E-state index is 2.12. The summed E-state index contributed by atoms with van der Waals surface area (Å²) >= 11 is 0. The summed E-state index contributed by atoms with van der Waals surface area (Å²) in [6.07, 6.45) is 4.24. The summed E-state index contributed by atoms with van der Waals surface area (Å²) in [6.45, 7) is 0. The van der Waals surface area contributed by atoms with E-state index in [4.69, 9.17) is 0 Å². The lowest BCUT2D eigenvalue weighted by Crippen LogP contribution is -1.70. The summed E-state index contributed by atoms with van der Waals surface area (Å²) in [4.78, 5) is 0. The van der Waals surface area contributed by atoms with Gasteiger partial charge in [-0.25, -0.2) is 0 Å². The minimum atomic E-state index is 0. The van der Waals surface area contributed by atoms with Gasteiger partial charge in [0, 0.05) is 0 Å². The van der Waals surface area contributed by atoms with E-state index in [0.29, 0.717) is 0 Å². The SMILES string of the molecule is B.C(=C\c1ccccc1)/c1ccccc1. The van der Waals surface area contributed by atoms with Crippen LogP contribution >= 0.6 is 0 Å². The molecule has 0 N–H and O–H groups in total. The molecule has 0 aliphatic carbocycles. The molecule has 0 aliphatic rings. The van der Waals surface area contributed by atoms with Crippen LogP contribution in [0.2, 0.25) is 0 Å². The second kappa shape index (κ2) is 5.87. The molecule has 74 valence electrons. The second-order valence-corrected chi connectivity index (χ2v) is 3.15. The predicted octanol–water partition coefficient (Wildman–Crippen LogP) is 2.67. The molecule has 0 amide bonds. The van der Waals surface area contributed by atoms with Gasteiger partial charge in [-0.3, -0.25) is 0 Å². The van der Waals surface area contributed by atoms with Crippen molar-refractivity contribution in [2.75, 3.05) is 0 Å². The van der Waals surface area contributed by atoms with Crippen molar-refractivity contribution in [2.24, 2.45) is 0 Å². The Bertz CT molecular complexity index is 362. The van der Waals surface area contributed by atoms with Gasteiger partial charge in [0.15, 0.2) is 0 Å². The zero-order valence-corrected chi connectivity index (χ0v) is 7.93. The molecule has 0 spiro atoms. The van der Waals surface area contributed by atoms with E-state index in [-0.39, 0.29) is 8.41 Å². The van der Waals surface area contributed by atoms with Crippen molar-refractivity contribution in [1.82, 2.24) is 0 Å². The highest BCUT2D eigenvalue weighted by atomic mass is 13.9. The summed E-state index contributed by atoms with van der Waals surface area (Å²) in [5.74, 6) is 0. The molecule has 0 aromatic heterocycles. The van der Waals surface area contributed by atoms with Gasteiger partial charge < -0.3 is 0 Å². The van der Waals surface area contributed by atoms with Crippen LogP contribution in [-0.4, -0.2) is 8.41 Å². The molecule has 0 bridgehead atoms. The smallest absolute Gasteiger partial charge is 0.0622 e. The summed E-state index contributed by atoms with van der Waals surface area (Å²) in [5, 5.41) is 0. The Balaban J connectivity index is 0.00000112. The molecule has 0 unspecified atom stereocenters. The highest BCUT2D eigenvalue weighted by molar-refractivity contribution is 5.75. The largest absolute Gasteiger partial charge is 0.0814 e. The topological polar surface area (TPSA) is 0 Å². The molecule has 0 fully saturated rings. The average Bonchev–Trinajstić information content (AvgIpc) is 2.29. The van der Waals surface area contributed by atoms with Crippen LogP contribution in [0, 0.1) is 0 Å². The number of hydrogen-bond donors (Lipinski definition) is 0. The predicted molar refractivity (Wildman–Crippen MR) is 71.8 cm³/mol. The van der Waals surface area contributed by atoms with E-state index in [1.165, 1.54) is 11.1 Å². The third kappa shape index (κ3) is 3.47. The van der Waals surface area contributed by atoms with E-state index < -0.39 is 0 Å². The van der Waals surface area contributed by atoms with Crippen LogP contribution in [0.15, 0.2) is 60.7 Å². The first kappa shape index (κ1) is 11.3. The molecule has 2 aromatic carbocycles. The molecule has 15 heavy (non-hydrogen) atoms. The molecule has 0 saturated heterocycles. The Kier molecular flexibility index (Phi) is 4.43. The zero-order valence-electron chi connectivity index (χ0n) is 7.93. The van der Waals surface area contributed by atoms with Crippen LogP contribution in [-0.2, 0) is 0 Å². The van der Waals surface area contributed by atoms with Gasteiger partial charge in [-0.05, 0) is 11.1 Å². The summed E-state index contributed by atoms with van der Waals surface area (Å²) < 4.78 is 0. The second-order valence-electron chi connectivity index (χ2n) is 3.15. The minimum absolute atomic E-state index is 0. The molecular formula is C14H15B. The van der Waals surface area contributed by atoms with E-state index in [1.54, 1.807) is 0 Å². The fourth-order valence-electron chi connectivity index (χ4n) is 1.32. The highest BCUT2D eigenvalue weighted by Crippen LogP contribution is 2.06. The van der Waals surface area contributed by atoms with Gasteiger partial charge in [0.05, 0.1) is 8.41 Å². The van der Waals surface area contributed by atoms with Crippen molar-refractivity contribution in [2.45, 2.75) is 0 Å². The van der Waals surface area contributed by atoms with Gasteiger partial charge in [-0.1, -0.05) is 72.8 Å². The van der Waals surface area contributed by atoms with Crippen molar-refractivity contribution in [3.05, 3.63) is 71.8 Å². The third-order valence-corrected chi connectivity index (χ3v) is 2.07. The lowest BCUT2D eigenvalue weighted by Gasteiger charge is -1.92. The molecule has 0 radical (unpaired) electrons. The Morgan fingerprint density at radius 3 is 1.20 bits per heavy atom. The standard InChI is InChI=1S/C14H12.BH3/c1-3-7-13(8-4-1)11-12-14-9-5-2-6-10-14;/h1-12H;1H3/b12-11+;. The van der Waals surface area contributed by atoms with Crippen molar-refractivity contribution in [3.63, 3.8) is 0 Å². The number of hydrogen-bond acceptors (Lipinski definition) is 0. The van der Waals surface area contributed by atoms with Gasteiger partial charge in [0.2, 0.25) is 0 Å². The average molecular weight is 194 g/mol. The minimum Gasteiger partial charge on any atom is -0.0622 e. The molecular weight excluding hydrogens is 179 g/mol. The van der Waals surface area contributed by atoms with Crippen molar-refractivity contribution in [3.8, 4) is 0 Å². The van der Waals surface area contributed by atoms with E-state index in [0.717, 1.165) is 0 Å². The monoisotopic (exact) mass is 194 g/mol. The number of rotatable bonds is 2. The molecule has 0 heterocycles. The number of benzene rings is 2. The third-order valence-electron chi connectivity index (χ3n) is 2.07. The first-order valence-electron chi connectivity index (χ1n) is 4.73. The van der Waals surface area contributed by atoms with E-state index in [9.17, 15) is 0 Å². The summed E-state index contributed by atoms with van der Waals surface area (Å²) in [5.41, 5.74) is 2.47. The summed E-state index contributed by atoms with van der Waals surface area (Å²) in [6, 6.07) is 20.6. The summed E-state index contributed by atoms with van der Waals surface area (Å²) in [7, 11) is 0. The van der Waals surface area contributed by atoms with Crippen LogP contribution in [0.5, 0.6) is 0 Å². The van der Waals surface area contributed by atoms with Crippen LogP contribution in [0.4, 0.5) is 0 Å². The molecule has 0 aliphatic heterocycles. The Morgan fingerprint density at radius 1 is 0.533 bits per heavy atom. The zero-order chi connectivity index (χ0) is 9.64. The molecule has 0 atom stereocenters. The Labute approximate surface area is 92.9 Å². The Hall–Kier alpha value is -1.76. The molecule has 0 saturated carbocycles. The molecule has 0 nitrogen and oxygen atoms in total. The lowest BCUT2D eigenvalue weighted by atomic mass is 10.1. The first-order valence-corrected chi connectivity index (χ1v) is 4.73. The van der Waals surface area contributed by atoms with Gasteiger partial charge in [-0.2, -0.15) is 0 Å². The first-order chi connectivity index (χ1) is 6.95. The van der Waals surface area contributed by atoms with Crippen LogP contribution in [0.3, 0.4) is 0 Å². The highest BCUT2D eigenvalue weighted by Gasteiger charge is 1.84. The van der Waals surface area contributed by atoms with E-state index in [1.807, 2.05) is 36.4 Å². The van der Waals surface area contributed by atoms with Gasteiger partial charge in [0.1, 0.15) is 0 Å². The maximum Gasteiger partial charge on any atom is 0.0814 e. The van der Waals surface area contributed by atoms with E-state index >= 15 is 0 Å². The van der Waals surface area contributed by atoms with Gasteiger partial charge in [0.25, 0.3) is 0 Å². The normalized spacial score (nSPS) is 9.87. The van der Waals surface area contributed by atoms with Crippen LogP contribution in [0.1, 0.15) is 11.1 Å². The van der Waals surface area contributed by atoms with E-state index in [2.05, 4.69) is 36.4 Å². The molecule has 1 heteroatoms. The molecule has 2 aromatic rings. The Morgan fingerprint density at radius 2 is 0.867 bits per heavy atom. The van der Waals surface area contributed by atoms with Crippen molar-refractivity contribution < 1.29 is 0 Å². The fraction of sp³-hybridized carbons (Fsp3) is 0. The van der Waals surface area contributed by atoms with Gasteiger partial charge in [-0.15, -0.1) is 0 Å². The quantitative estimate of drug-likeness (QED) is 0.509. The fourth-order valence-corrected chi connectivity index (χ4v) is 1.32. The van der Waals surface area contributed by atoms with Gasteiger partial charge >= 0.3 is 0 Å².